The number of furan rings is 1. The third-order valence-electron chi connectivity index (χ3n) is 3.87. The molecule has 3 aromatic heterocycles. The predicted octanol–water partition coefficient (Wildman–Crippen LogP) is 3.63. The molecule has 3 heterocycles. The van der Waals surface area contributed by atoms with Crippen LogP contribution in [0.3, 0.4) is 0 Å². The molecule has 0 saturated heterocycles. The van der Waals surface area contributed by atoms with Crippen molar-refractivity contribution in [3.05, 3.63) is 78.4 Å². The summed E-state index contributed by atoms with van der Waals surface area (Å²) in [7, 11) is 0. The van der Waals surface area contributed by atoms with E-state index in [1.807, 2.05) is 18.2 Å². The number of benzene rings is 1. The van der Waals surface area contributed by atoms with Crippen LogP contribution in [0.15, 0.2) is 76.1 Å². The molecule has 0 unspecified atom stereocenters. The summed E-state index contributed by atoms with van der Waals surface area (Å²) in [5.41, 5.74) is 2.01. The molecule has 0 aliphatic heterocycles. The van der Waals surface area contributed by atoms with Crippen LogP contribution in [0.5, 0.6) is 0 Å². The number of nitrogens with one attached hydrogen (secondary N) is 1. The van der Waals surface area contributed by atoms with E-state index in [-0.39, 0.29) is 11.6 Å². The first kappa shape index (κ1) is 15.9. The Kier molecular flexibility index (Phi) is 4.34. The van der Waals surface area contributed by atoms with E-state index in [1.54, 1.807) is 29.2 Å². The van der Waals surface area contributed by atoms with Gasteiger partial charge in [-0.15, -0.1) is 0 Å². The van der Waals surface area contributed by atoms with Crippen molar-refractivity contribution in [3.8, 4) is 11.5 Å². The predicted molar refractivity (Wildman–Crippen MR) is 94.5 cm³/mol. The Morgan fingerprint density at radius 3 is 2.81 bits per heavy atom. The van der Waals surface area contributed by atoms with Crippen molar-refractivity contribution < 1.29 is 13.7 Å². The Morgan fingerprint density at radius 1 is 1.12 bits per heavy atom. The van der Waals surface area contributed by atoms with Gasteiger partial charge in [0.05, 0.1) is 18.1 Å². The second-order valence-electron chi connectivity index (χ2n) is 5.74. The lowest BCUT2D eigenvalue weighted by Gasteiger charge is -2.01. The molecule has 0 fully saturated rings. The molecule has 0 radical (unpaired) electrons. The summed E-state index contributed by atoms with van der Waals surface area (Å²) in [6, 6.07) is 15.2. The molecule has 4 rings (SSSR count). The largest absolute Gasteiger partial charge is 0.461 e. The molecule has 7 heteroatoms. The second-order valence-corrected chi connectivity index (χ2v) is 5.74. The number of hydrogen-bond acceptors (Lipinski definition) is 5. The summed E-state index contributed by atoms with van der Waals surface area (Å²) in [4.78, 5) is 12.3. The number of nitrogens with zero attached hydrogens (tertiary/aromatic N) is 3. The molecule has 1 aromatic carbocycles. The van der Waals surface area contributed by atoms with Gasteiger partial charge in [0.25, 0.3) is 5.91 Å². The molecule has 0 aliphatic rings. The second kappa shape index (κ2) is 7.10. The van der Waals surface area contributed by atoms with E-state index >= 15 is 0 Å². The van der Waals surface area contributed by atoms with Crippen molar-refractivity contribution in [1.82, 2.24) is 14.9 Å². The van der Waals surface area contributed by atoms with Gasteiger partial charge in [-0.05, 0) is 24.1 Å². The normalized spacial score (nSPS) is 10.8. The highest BCUT2D eigenvalue weighted by Gasteiger charge is 2.15. The number of aryl methyl sites for hydroxylation is 2. The van der Waals surface area contributed by atoms with Crippen LogP contribution in [0.25, 0.3) is 11.5 Å². The summed E-state index contributed by atoms with van der Waals surface area (Å²) >= 11 is 0. The molecule has 4 aromatic rings. The Balaban J connectivity index is 1.37. The maximum atomic E-state index is 12.3. The number of carbonyl (C=O) groups excluding carboxylic acids is 1. The van der Waals surface area contributed by atoms with Crippen molar-refractivity contribution >= 4 is 11.6 Å². The van der Waals surface area contributed by atoms with Crippen LogP contribution in [0.2, 0.25) is 0 Å². The minimum absolute atomic E-state index is 0.174. The third kappa shape index (κ3) is 3.56. The SMILES string of the molecule is O=C(Nc1cnn(CCc2ccccc2)c1)c1cc(-c2ccco2)on1. The minimum atomic E-state index is -0.367. The first-order chi connectivity index (χ1) is 12.8. The summed E-state index contributed by atoms with van der Waals surface area (Å²) in [5, 5.41) is 10.8. The minimum Gasteiger partial charge on any atom is -0.461 e. The van der Waals surface area contributed by atoms with E-state index in [2.05, 4.69) is 27.7 Å². The lowest BCUT2D eigenvalue weighted by molar-refractivity contribution is 0.101. The van der Waals surface area contributed by atoms with E-state index in [1.165, 1.54) is 17.9 Å². The quantitative estimate of drug-likeness (QED) is 0.575. The molecular formula is C19H16N4O3. The molecule has 7 nitrogen and oxygen atoms in total. The van der Waals surface area contributed by atoms with Gasteiger partial charge < -0.3 is 14.3 Å². The number of rotatable bonds is 6. The van der Waals surface area contributed by atoms with Gasteiger partial charge in [-0.3, -0.25) is 9.48 Å². The number of hydrogen-bond donors (Lipinski definition) is 1. The standard InChI is InChI=1S/C19H16N4O3/c24-19(16-11-18(26-22-16)17-7-4-10-25-17)21-15-12-20-23(13-15)9-8-14-5-2-1-3-6-14/h1-7,10-13H,8-9H2,(H,21,24). The molecule has 130 valence electrons. The zero-order valence-electron chi connectivity index (χ0n) is 13.8. The first-order valence-corrected chi connectivity index (χ1v) is 8.16. The van der Waals surface area contributed by atoms with Crippen molar-refractivity contribution in [3.63, 3.8) is 0 Å². The molecule has 1 amide bonds. The van der Waals surface area contributed by atoms with Gasteiger partial charge in [0.15, 0.2) is 11.5 Å². The summed E-state index contributed by atoms with van der Waals surface area (Å²) in [6.45, 7) is 0.729. The van der Waals surface area contributed by atoms with Crippen LogP contribution >= 0.6 is 0 Å². The fraction of sp³-hybridized carbons (Fsp3) is 0.105. The van der Waals surface area contributed by atoms with Crippen LogP contribution in [0.1, 0.15) is 16.1 Å². The van der Waals surface area contributed by atoms with E-state index in [4.69, 9.17) is 8.94 Å². The van der Waals surface area contributed by atoms with Crippen LogP contribution in [-0.2, 0) is 13.0 Å². The molecule has 0 saturated carbocycles. The number of aromatic nitrogens is 3. The number of amides is 1. The first-order valence-electron chi connectivity index (χ1n) is 8.16. The van der Waals surface area contributed by atoms with E-state index in [9.17, 15) is 4.79 Å². The molecule has 26 heavy (non-hydrogen) atoms. The fourth-order valence-corrected chi connectivity index (χ4v) is 2.55. The van der Waals surface area contributed by atoms with Crippen molar-refractivity contribution in [2.75, 3.05) is 5.32 Å². The maximum Gasteiger partial charge on any atom is 0.277 e. The van der Waals surface area contributed by atoms with Crippen molar-refractivity contribution in [2.24, 2.45) is 0 Å². The van der Waals surface area contributed by atoms with Gasteiger partial charge in [-0.1, -0.05) is 35.5 Å². The summed E-state index contributed by atoms with van der Waals surface area (Å²) in [5.74, 6) is 0.554. The van der Waals surface area contributed by atoms with Crippen LogP contribution in [0.4, 0.5) is 5.69 Å². The van der Waals surface area contributed by atoms with E-state index in [0.29, 0.717) is 17.2 Å². The fourth-order valence-electron chi connectivity index (χ4n) is 2.55. The van der Waals surface area contributed by atoms with Gasteiger partial charge in [0.1, 0.15) is 0 Å². The van der Waals surface area contributed by atoms with Crippen molar-refractivity contribution in [2.45, 2.75) is 13.0 Å². The van der Waals surface area contributed by atoms with Crippen molar-refractivity contribution in [1.29, 1.82) is 0 Å². The van der Waals surface area contributed by atoms with E-state index in [0.717, 1.165) is 13.0 Å². The Bertz CT molecular complexity index is 987. The third-order valence-corrected chi connectivity index (χ3v) is 3.87. The van der Waals surface area contributed by atoms with Gasteiger partial charge in [-0.25, -0.2) is 0 Å². The molecule has 1 N–H and O–H groups in total. The summed E-state index contributed by atoms with van der Waals surface area (Å²) in [6.07, 6.45) is 5.79. The molecular weight excluding hydrogens is 332 g/mol. The van der Waals surface area contributed by atoms with Crippen LogP contribution in [0, 0.1) is 0 Å². The Labute approximate surface area is 149 Å². The summed E-state index contributed by atoms with van der Waals surface area (Å²) < 4.78 is 12.1. The van der Waals surface area contributed by atoms with Gasteiger partial charge in [0.2, 0.25) is 5.76 Å². The lowest BCUT2D eigenvalue weighted by atomic mass is 10.1. The average molecular weight is 348 g/mol. The number of carbonyl (C=O) groups is 1. The monoisotopic (exact) mass is 348 g/mol. The zero-order valence-corrected chi connectivity index (χ0v) is 13.8. The Hall–Kier alpha value is -3.61. The molecule has 0 atom stereocenters. The average Bonchev–Trinajstić information content (AvgIpc) is 3.41. The number of anilines is 1. The van der Waals surface area contributed by atoms with E-state index < -0.39 is 0 Å². The lowest BCUT2D eigenvalue weighted by Crippen LogP contribution is -2.11. The van der Waals surface area contributed by atoms with Gasteiger partial charge >= 0.3 is 0 Å². The maximum absolute atomic E-state index is 12.3. The molecule has 0 aliphatic carbocycles. The van der Waals surface area contributed by atoms with Gasteiger partial charge in [-0.2, -0.15) is 5.10 Å². The highest BCUT2D eigenvalue weighted by atomic mass is 16.5. The van der Waals surface area contributed by atoms with Crippen LogP contribution < -0.4 is 5.32 Å². The smallest absolute Gasteiger partial charge is 0.277 e. The highest BCUT2D eigenvalue weighted by molar-refractivity contribution is 6.03. The molecule has 0 bridgehead atoms. The zero-order chi connectivity index (χ0) is 17.8. The van der Waals surface area contributed by atoms with Crippen LogP contribution in [-0.4, -0.2) is 20.8 Å². The Morgan fingerprint density at radius 2 is 2.00 bits per heavy atom. The molecule has 0 spiro atoms. The highest BCUT2D eigenvalue weighted by Crippen LogP contribution is 2.21. The topological polar surface area (TPSA) is 86.1 Å². The van der Waals surface area contributed by atoms with Gasteiger partial charge in [0, 0.05) is 18.8 Å².